The van der Waals surface area contributed by atoms with Crippen molar-refractivity contribution >= 4 is 11.6 Å². The van der Waals surface area contributed by atoms with Gasteiger partial charge in [0.15, 0.2) is 0 Å². The van der Waals surface area contributed by atoms with E-state index in [1.807, 2.05) is 0 Å². The smallest absolute Gasteiger partial charge is 0.129 e. The van der Waals surface area contributed by atoms with Crippen molar-refractivity contribution in [1.82, 2.24) is 4.98 Å². The maximum absolute atomic E-state index is 13.5. The third kappa shape index (κ3) is 2.66. The van der Waals surface area contributed by atoms with Gasteiger partial charge in [0.2, 0.25) is 0 Å². The number of aromatic nitrogens is 1. The van der Waals surface area contributed by atoms with Crippen molar-refractivity contribution in [3.8, 4) is 0 Å². The summed E-state index contributed by atoms with van der Waals surface area (Å²) in [7, 11) is 0. The summed E-state index contributed by atoms with van der Waals surface area (Å²) in [6.45, 7) is 0. The molecule has 5 heteroatoms. The van der Waals surface area contributed by atoms with Gasteiger partial charge in [0.25, 0.3) is 0 Å². The van der Waals surface area contributed by atoms with Gasteiger partial charge in [0, 0.05) is 24.0 Å². The summed E-state index contributed by atoms with van der Waals surface area (Å²) in [5.41, 5.74) is 6.51. The molecule has 1 aromatic carbocycles. The molecule has 2 rings (SSSR count). The molecule has 2 aromatic rings. The third-order valence-electron chi connectivity index (χ3n) is 2.69. The Hall–Kier alpha value is -1.52. The predicted octanol–water partition coefficient (Wildman–Crippen LogP) is 3.26. The van der Waals surface area contributed by atoms with Gasteiger partial charge in [-0.1, -0.05) is 17.7 Å². The molecule has 0 saturated carbocycles. The van der Waals surface area contributed by atoms with E-state index in [1.165, 1.54) is 24.4 Å². The van der Waals surface area contributed by atoms with E-state index in [-0.39, 0.29) is 12.0 Å². The van der Waals surface area contributed by atoms with Crippen LogP contribution in [0.25, 0.3) is 0 Å². The van der Waals surface area contributed by atoms with E-state index in [0.717, 1.165) is 0 Å². The van der Waals surface area contributed by atoms with Crippen LogP contribution in [0.3, 0.4) is 0 Å². The average Bonchev–Trinajstić information content (AvgIpc) is 2.34. The SMILES string of the molecule is NC(Cc1c(F)cccc1F)c1ccncc1Cl. The summed E-state index contributed by atoms with van der Waals surface area (Å²) in [6.07, 6.45) is 3.04. The van der Waals surface area contributed by atoms with E-state index >= 15 is 0 Å². The first-order valence-electron chi connectivity index (χ1n) is 5.37. The van der Waals surface area contributed by atoms with Gasteiger partial charge in [-0.25, -0.2) is 8.78 Å². The Kier molecular flexibility index (Phi) is 3.89. The van der Waals surface area contributed by atoms with Crippen molar-refractivity contribution in [1.29, 1.82) is 0 Å². The molecule has 18 heavy (non-hydrogen) atoms. The molecular weight excluding hydrogens is 258 g/mol. The molecule has 1 aromatic heterocycles. The van der Waals surface area contributed by atoms with Gasteiger partial charge in [0.1, 0.15) is 11.6 Å². The Morgan fingerprint density at radius 3 is 2.50 bits per heavy atom. The van der Waals surface area contributed by atoms with Crippen LogP contribution in [0.5, 0.6) is 0 Å². The highest BCUT2D eigenvalue weighted by Gasteiger charge is 2.16. The molecule has 0 fully saturated rings. The van der Waals surface area contributed by atoms with Gasteiger partial charge in [0.05, 0.1) is 5.02 Å². The van der Waals surface area contributed by atoms with Crippen LogP contribution < -0.4 is 5.73 Å². The number of hydrogen-bond acceptors (Lipinski definition) is 2. The number of nitrogens with two attached hydrogens (primary N) is 1. The molecule has 1 atom stereocenters. The normalized spacial score (nSPS) is 12.4. The molecule has 94 valence electrons. The van der Waals surface area contributed by atoms with E-state index in [1.54, 1.807) is 12.3 Å². The largest absolute Gasteiger partial charge is 0.324 e. The minimum Gasteiger partial charge on any atom is -0.324 e. The van der Waals surface area contributed by atoms with Gasteiger partial charge in [-0.05, 0) is 30.2 Å². The Bertz CT molecular complexity index is 540. The quantitative estimate of drug-likeness (QED) is 0.928. The molecule has 2 nitrogen and oxygen atoms in total. The highest BCUT2D eigenvalue weighted by Crippen LogP contribution is 2.24. The van der Waals surface area contributed by atoms with Crippen LogP contribution >= 0.6 is 11.6 Å². The Balaban J connectivity index is 2.27. The van der Waals surface area contributed by atoms with Crippen molar-refractivity contribution in [2.75, 3.05) is 0 Å². The number of rotatable bonds is 3. The first-order chi connectivity index (χ1) is 8.59. The molecule has 1 unspecified atom stereocenters. The topological polar surface area (TPSA) is 38.9 Å². The lowest BCUT2D eigenvalue weighted by atomic mass is 10.00. The van der Waals surface area contributed by atoms with Gasteiger partial charge in [-0.3, -0.25) is 4.98 Å². The summed E-state index contributed by atoms with van der Waals surface area (Å²) < 4.78 is 27.0. The zero-order valence-corrected chi connectivity index (χ0v) is 10.2. The average molecular weight is 269 g/mol. The number of pyridine rings is 1. The number of halogens is 3. The van der Waals surface area contributed by atoms with E-state index < -0.39 is 17.7 Å². The molecule has 0 aliphatic carbocycles. The summed E-state index contributed by atoms with van der Waals surface area (Å²) in [5, 5.41) is 0.391. The predicted molar refractivity (Wildman–Crippen MR) is 66.2 cm³/mol. The summed E-state index contributed by atoms with van der Waals surface area (Å²) in [5.74, 6) is -1.20. The van der Waals surface area contributed by atoms with E-state index in [9.17, 15) is 8.78 Å². The summed E-state index contributed by atoms with van der Waals surface area (Å²) in [6, 6.07) is 4.80. The van der Waals surface area contributed by atoms with E-state index in [4.69, 9.17) is 17.3 Å². The van der Waals surface area contributed by atoms with Gasteiger partial charge in [-0.2, -0.15) is 0 Å². The van der Waals surface area contributed by atoms with Crippen LogP contribution in [0.1, 0.15) is 17.2 Å². The summed E-state index contributed by atoms with van der Waals surface area (Å²) in [4.78, 5) is 3.83. The second-order valence-electron chi connectivity index (χ2n) is 3.91. The second-order valence-corrected chi connectivity index (χ2v) is 4.32. The zero-order valence-electron chi connectivity index (χ0n) is 9.41. The molecule has 0 spiro atoms. The van der Waals surface area contributed by atoms with Crippen molar-refractivity contribution in [3.63, 3.8) is 0 Å². The van der Waals surface area contributed by atoms with Crippen molar-refractivity contribution in [2.45, 2.75) is 12.5 Å². The fourth-order valence-corrected chi connectivity index (χ4v) is 2.00. The number of hydrogen-bond donors (Lipinski definition) is 1. The lowest BCUT2D eigenvalue weighted by Gasteiger charge is -2.14. The Morgan fingerprint density at radius 1 is 1.22 bits per heavy atom. The van der Waals surface area contributed by atoms with Crippen LogP contribution in [0.4, 0.5) is 8.78 Å². The highest BCUT2D eigenvalue weighted by molar-refractivity contribution is 6.31. The monoisotopic (exact) mass is 268 g/mol. The molecule has 0 aliphatic heterocycles. The lowest BCUT2D eigenvalue weighted by Crippen LogP contribution is -2.15. The highest BCUT2D eigenvalue weighted by atomic mass is 35.5. The molecule has 0 amide bonds. The molecule has 0 saturated heterocycles. The summed E-state index contributed by atoms with van der Waals surface area (Å²) >= 11 is 5.93. The van der Waals surface area contributed by atoms with Gasteiger partial charge in [-0.15, -0.1) is 0 Å². The molecular formula is C13H11ClF2N2. The van der Waals surface area contributed by atoms with Crippen LogP contribution in [-0.4, -0.2) is 4.98 Å². The first kappa shape index (κ1) is 12.9. The van der Waals surface area contributed by atoms with Crippen LogP contribution in [0.2, 0.25) is 5.02 Å². The minimum absolute atomic E-state index is 0.0297. The fourth-order valence-electron chi connectivity index (χ4n) is 1.74. The van der Waals surface area contributed by atoms with Crippen molar-refractivity contribution in [3.05, 3.63) is 64.4 Å². The maximum Gasteiger partial charge on any atom is 0.129 e. The van der Waals surface area contributed by atoms with E-state index in [0.29, 0.717) is 10.6 Å². The lowest BCUT2D eigenvalue weighted by molar-refractivity contribution is 0.540. The maximum atomic E-state index is 13.5. The molecule has 0 radical (unpaired) electrons. The van der Waals surface area contributed by atoms with E-state index in [2.05, 4.69) is 4.98 Å². The second kappa shape index (κ2) is 5.42. The number of nitrogens with zero attached hydrogens (tertiary/aromatic N) is 1. The zero-order chi connectivity index (χ0) is 13.1. The van der Waals surface area contributed by atoms with Crippen molar-refractivity contribution in [2.24, 2.45) is 5.73 Å². The first-order valence-corrected chi connectivity index (χ1v) is 5.75. The fraction of sp³-hybridized carbons (Fsp3) is 0.154. The Labute approximate surface area is 108 Å². The van der Waals surface area contributed by atoms with Gasteiger partial charge < -0.3 is 5.73 Å². The van der Waals surface area contributed by atoms with Crippen LogP contribution in [0.15, 0.2) is 36.7 Å². The standard InChI is InChI=1S/C13H11ClF2N2/c14-10-7-18-5-4-8(10)13(17)6-9-11(15)2-1-3-12(9)16/h1-5,7,13H,6,17H2. The molecule has 0 bridgehead atoms. The Morgan fingerprint density at radius 2 is 1.89 bits per heavy atom. The number of benzene rings is 1. The minimum atomic E-state index is -0.601. The molecule has 2 N–H and O–H groups in total. The van der Waals surface area contributed by atoms with Crippen LogP contribution in [0, 0.1) is 11.6 Å². The van der Waals surface area contributed by atoms with Gasteiger partial charge >= 0.3 is 0 Å². The van der Waals surface area contributed by atoms with Crippen LogP contribution in [-0.2, 0) is 6.42 Å². The third-order valence-corrected chi connectivity index (χ3v) is 3.00. The molecule has 0 aliphatic rings. The van der Waals surface area contributed by atoms with Crippen molar-refractivity contribution < 1.29 is 8.78 Å². The molecule has 1 heterocycles.